The van der Waals surface area contributed by atoms with Gasteiger partial charge in [0, 0.05) is 11.9 Å². The topological polar surface area (TPSA) is 42.7 Å². The molecule has 0 radical (unpaired) electrons. The SMILES string of the molecule is Cc1cc(N2CCOCC2CBr)n2ncnc2c1. The highest BCUT2D eigenvalue weighted by atomic mass is 79.9. The van der Waals surface area contributed by atoms with Crippen LogP contribution in [-0.4, -0.2) is 45.7 Å². The summed E-state index contributed by atoms with van der Waals surface area (Å²) in [5.74, 6) is 1.09. The van der Waals surface area contributed by atoms with Crippen molar-refractivity contribution in [2.45, 2.75) is 13.0 Å². The van der Waals surface area contributed by atoms with Crippen molar-refractivity contribution in [1.29, 1.82) is 0 Å². The van der Waals surface area contributed by atoms with E-state index in [2.05, 4.69) is 43.9 Å². The summed E-state index contributed by atoms with van der Waals surface area (Å²) in [4.78, 5) is 6.61. The first-order valence-electron chi connectivity index (χ1n) is 6.00. The third kappa shape index (κ3) is 1.99. The van der Waals surface area contributed by atoms with E-state index in [1.54, 1.807) is 6.33 Å². The standard InChI is InChI=1S/C12H15BrN4O/c1-9-4-11-14-8-15-17(11)12(5-9)16-2-3-18-7-10(16)6-13/h4-5,8,10H,2-3,6-7H2,1H3. The van der Waals surface area contributed by atoms with Gasteiger partial charge in [-0.25, -0.2) is 4.98 Å². The van der Waals surface area contributed by atoms with Crippen LogP contribution in [0, 0.1) is 6.92 Å². The number of rotatable bonds is 2. The van der Waals surface area contributed by atoms with E-state index < -0.39 is 0 Å². The molecule has 3 heterocycles. The lowest BCUT2D eigenvalue weighted by Gasteiger charge is -2.36. The zero-order chi connectivity index (χ0) is 12.5. The lowest BCUT2D eigenvalue weighted by molar-refractivity contribution is 0.0998. The molecule has 1 saturated heterocycles. The zero-order valence-electron chi connectivity index (χ0n) is 10.2. The van der Waals surface area contributed by atoms with Gasteiger partial charge in [0.1, 0.15) is 12.1 Å². The Balaban J connectivity index is 2.08. The van der Waals surface area contributed by atoms with Crippen molar-refractivity contribution >= 4 is 27.4 Å². The lowest BCUT2D eigenvalue weighted by atomic mass is 10.2. The third-order valence-corrected chi connectivity index (χ3v) is 3.95. The van der Waals surface area contributed by atoms with Crippen LogP contribution in [-0.2, 0) is 4.74 Å². The average Bonchev–Trinajstić information content (AvgIpc) is 2.85. The maximum Gasteiger partial charge on any atom is 0.157 e. The van der Waals surface area contributed by atoms with Gasteiger partial charge in [-0.15, -0.1) is 0 Å². The number of anilines is 1. The van der Waals surface area contributed by atoms with Gasteiger partial charge < -0.3 is 9.64 Å². The quantitative estimate of drug-likeness (QED) is 0.791. The summed E-state index contributed by atoms with van der Waals surface area (Å²) >= 11 is 3.55. The predicted molar refractivity (Wildman–Crippen MR) is 73.5 cm³/mol. The van der Waals surface area contributed by atoms with E-state index in [0.717, 1.165) is 36.6 Å². The summed E-state index contributed by atoms with van der Waals surface area (Å²) in [5.41, 5.74) is 2.09. The number of hydrogen-bond donors (Lipinski definition) is 0. The summed E-state index contributed by atoms with van der Waals surface area (Å²) in [6.45, 7) is 4.47. The van der Waals surface area contributed by atoms with Gasteiger partial charge in [0.15, 0.2) is 5.65 Å². The summed E-state index contributed by atoms with van der Waals surface area (Å²) in [6, 6.07) is 4.54. The number of morpholine rings is 1. The van der Waals surface area contributed by atoms with E-state index in [1.807, 2.05) is 10.6 Å². The number of ether oxygens (including phenoxy) is 1. The smallest absolute Gasteiger partial charge is 0.157 e. The largest absolute Gasteiger partial charge is 0.377 e. The highest BCUT2D eigenvalue weighted by Gasteiger charge is 2.24. The van der Waals surface area contributed by atoms with E-state index in [9.17, 15) is 0 Å². The molecule has 2 aromatic rings. The molecule has 1 unspecified atom stereocenters. The molecule has 2 aromatic heterocycles. The Labute approximate surface area is 114 Å². The number of alkyl halides is 1. The summed E-state index contributed by atoms with van der Waals surface area (Å²) in [7, 11) is 0. The molecular formula is C12H15BrN4O. The highest BCUT2D eigenvalue weighted by Crippen LogP contribution is 2.22. The molecule has 0 spiro atoms. The molecule has 0 N–H and O–H groups in total. The fraction of sp³-hybridized carbons (Fsp3) is 0.500. The zero-order valence-corrected chi connectivity index (χ0v) is 11.8. The second-order valence-electron chi connectivity index (χ2n) is 4.50. The molecule has 6 heteroatoms. The van der Waals surface area contributed by atoms with Crippen molar-refractivity contribution in [1.82, 2.24) is 14.6 Å². The minimum absolute atomic E-state index is 0.341. The van der Waals surface area contributed by atoms with Gasteiger partial charge in [-0.05, 0) is 24.6 Å². The lowest BCUT2D eigenvalue weighted by Crippen LogP contribution is -2.47. The Morgan fingerprint density at radius 2 is 2.39 bits per heavy atom. The Kier molecular flexibility index (Phi) is 3.22. The van der Waals surface area contributed by atoms with Crippen molar-refractivity contribution in [2.75, 3.05) is 30.0 Å². The van der Waals surface area contributed by atoms with Crippen LogP contribution in [0.4, 0.5) is 5.82 Å². The molecule has 1 atom stereocenters. The molecule has 1 fully saturated rings. The van der Waals surface area contributed by atoms with Crippen LogP contribution in [0.2, 0.25) is 0 Å². The number of pyridine rings is 1. The van der Waals surface area contributed by atoms with Gasteiger partial charge in [0.25, 0.3) is 0 Å². The molecule has 0 saturated carbocycles. The molecule has 5 nitrogen and oxygen atoms in total. The Morgan fingerprint density at radius 3 is 3.22 bits per heavy atom. The fourth-order valence-electron chi connectivity index (χ4n) is 2.32. The number of fused-ring (bicyclic) bond motifs is 1. The summed E-state index contributed by atoms with van der Waals surface area (Å²) < 4.78 is 7.43. The molecule has 0 amide bonds. The van der Waals surface area contributed by atoms with Gasteiger partial charge in [-0.3, -0.25) is 0 Å². The molecule has 1 aliphatic rings. The number of hydrogen-bond acceptors (Lipinski definition) is 4. The van der Waals surface area contributed by atoms with Crippen molar-refractivity contribution in [3.63, 3.8) is 0 Å². The van der Waals surface area contributed by atoms with E-state index in [1.165, 1.54) is 5.56 Å². The highest BCUT2D eigenvalue weighted by molar-refractivity contribution is 9.09. The maximum absolute atomic E-state index is 5.53. The van der Waals surface area contributed by atoms with Gasteiger partial charge in [0.05, 0.1) is 19.3 Å². The van der Waals surface area contributed by atoms with Gasteiger partial charge in [0.2, 0.25) is 0 Å². The molecule has 0 bridgehead atoms. The molecule has 0 aromatic carbocycles. The number of nitrogens with zero attached hydrogens (tertiary/aromatic N) is 4. The predicted octanol–water partition coefficient (Wildman–Crippen LogP) is 1.64. The van der Waals surface area contributed by atoms with Gasteiger partial charge >= 0.3 is 0 Å². The maximum atomic E-state index is 5.53. The first kappa shape index (κ1) is 11.9. The Bertz CT molecular complexity index is 556. The van der Waals surface area contributed by atoms with Gasteiger partial charge in [-0.2, -0.15) is 9.61 Å². The Hall–Kier alpha value is -1.14. The fourth-order valence-corrected chi connectivity index (χ4v) is 2.86. The normalized spacial score (nSPS) is 20.6. The van der Waals surface area contributed by atoms with E-state index in [0.29, 0.717) is 6.04 Å². The number of aromatic nitrogens is 3. The molecule has 0 aliphatic carbocycles. The van der Waals surface area contributed by atoms with Crippen LogP contribution in [0.25, 0.3) is 5.65 Å². The van der Waals surface area contributed by atoms with E-state index in [4.69, 9.17) is 4.74 Å². The van der Waals surface area contributed by atoms with Crippen LogP contribution >= 0.6 is 15.9 Å². The van der Waals surface area contributed by atoms with Crippen molar-refractivity contribution in [3.05, 3.63) is 24.0 Å². The second-order valence-corrected chi connectivity index (χ2v) is 5.14. The van der Waals surface area contributed by atoms with Crippen LogP contribution in [0.5, 0.6) is 0 Å². The van der Waals surface area contributed by atoms with Crippen LogP contribution in [0.3, 0.4) is 0 Å². The second kappa shape index (κ2) is 4.85. The number of aryl methyl sites for hydroxylation is 1. The monoisotopic (exact) mass is 310 g/mol. The minimum atomic E-state index is 0.341. The van der Waals surface area contributed by atoms with Crippen LogP contribution < -0.4 is 4.90 Å². The average molecular weight is 311 g/mol. The first-order chi connectivity index (χ1) is 8.79. The van der Waals surface area contributed by atoms with Crippen molar-refractivity contribution in [2.24, 2.45) is 0 Å². The molecule has 18 heavy (non-hydrogen) atoms. The van der Waals surface area contributed by atoms with E-state index in [-0.39, 0.29) is 0 Å². The Morgan fingerprint density at radius 1 is 1.50 bits per heavy atom. The molecule has 96 valence electrons. The third-order valence-electron chi connectivity index (χ3n) is 3.20. The van der Waals surface area contributed by atoms with Crippen LogP contribution in [0.15, 0.2) is 18.5 Å². The van der Waals surface area contributed by atoms with E-state index >= 15 is 0 Å². The molecular weight excluding hydrogens is 296 g/mol. The van der Waals surface area contributed by atoms with Gasteiger partial charge in [-0.1, -0.05) is 15.9 Å². The van der Waals surface area contributed by atoms with Crippen LogP contribution in [0.1, 0.15) is 5.56 Å². The molecule has 3 rings (SSSR count). The minimum Gasteiger partial charge on any atom is -0.377 e. The number of halogens is 1. The molecule has 1 aliphatic heterocycles. The van der Waals surface area contributed by atoms with Crippen molar-refractivity contribution < 1.29 is 4.74 Å². The first-order valence-corrected chi connectivity index (χ1v) is 7.12. The summed E-state index contributed by atoms with van der Waals surface area (Å²) in [6.07, 6.45) is 1.60. The van der Waals surface area contributed by atoms with Crippen molar-refractivity contribution in [3.8, 4) is 0 Å². The summed E-state index contributed by atoms with van der Waals surface area (Å²) in [5, 5.41) is 5.20.